The zero-order chi connectivity index (χ0) is 7.40. The van der Waals surface area contributed by atoms with Crippen LogP contribution in [0.15, 0.2) is 24.4 Å². The summed E-state index contributed by atoms with van der Waals surface area (Å²) in [4.78, 5) is 4.02. The second-order valence-electron chi connectivity index (χ2n) is 2.05. The number of hydrogen-bond donors (Lipinski definition) is 1. The summed E-state index contributed by atoms with van der Waals surface area (Å²) in [5.74, 6) is 0. The topological polar surface area (TPSA) is 36.7 Å². The molecule has 0 aliphatic carbocycles. The van der Waals surface area contributed by atoms with Crippen LogP contribution >= 0.6 is 0 Å². The summed E-state index contributed by atoms with van der Waals surface area (Å²) >= 11 is 0. The van der Waals surface area contributed by atoms with E-state index in [0.717, 1.165) is 12.1 Å². The molecule has 0 spiro atoms. The summed E-state index contributed by atoms with van der Waals surface area (Å²) in [5.41, 5.74) is 1.38. The van der Waals surface area contributed by atoms with Crippen LogP contribution in [0.5, 0.6) is 0 Å². The molecule has 1 heterocycles. The summed E-state index contributed by atoms with van der Waals surface area (Å²) in [6.07, 6.45) is 2.45. The summed E-state index contributed by atoms with van der Waals surface area (Å²) in [6, 6.07) is 5.60. The maximum atomic E-state index is 7.42. The lowest BCUT2D eigenvalue weighted by atomic mass is 10.2. The molecule has 2 nitrogen and oxygen atoms in total. The Morgan fingerprint density at radius 1 is 1.60 bits per heavy atom. The second-order valence-corrected chi connectivity index (χ2v) is 2.05. The molecular formula is C8H10N2. The first-order chi connectivity index (χ1) is 4.84. The number of aromatic nitrogens is 1. The molecule has 0 saturated carbocycles. The van der Waals surface area contributed by atoms with Crippen LogP contribution in [0, 0.1) is 5.41 Å². The fraction of sp³-hybridized carbons (Fsp3) is 0.250. The predicted octanol–water partition coefficient (Wildman–Crippen LogP) is 1.86. The molecule has 0 amide bonds. The summed E-state index contributed by atoms with van der Waals surface area (Å²) in [7, 11) is 0. The first-order valence-corrected chi connectivity index (χ1v) is 3.33. The Hall–Kier alpha value is -1.18. The van der Waals surface area contributed by atoms with Gasteiger partial charge in [0.1, 0.15) is 0 Å². The first kappa shape index (κ1) is 6.93. The van der Waals surface area contributed by atoms with E-state index in [9.17, 15) is 0 Å². The zero-order valence-electron chi connectivity index (χ0n) is 5.96. The molecule has 2 heteroatoms. The van der Waals surface area contributed by atoms with Crippen molar-refractivity contribution in [3.8, 4) is 0 Å². The average Bonchev–Trinajstić information content (AvgIpc) is 2.05. The van der Waals surface area contributed by atoms with Crippen LogP contribution in [-0.4, -0.2) is 10.7 Å². The molecule has 1 N–H and O–H groups in total. The number of nitrogens with one attached hydrogen (secondary N) is 1. The highest BCUT2D eigenvalue weighted by atomic mass is 14.7. The van der Waals surface area contributed by atoms with Crippen molar-refractivity contribution in [3.63, 3.8) is 0 Å². The molecule has 0 fully saturated rings. The maximum absolute atomic E-state index is 7.42. The Balaban J connectivity index is 2.85. The van der Waals surface area contributed by atoms with Gasteiger partial charge in [0.05, 0.1) is 11.4 Å². The molecule has 1 aromatic rings. The van der Waals surface area contributed by atoms with E-state index in [-0.39, 0.29) is 0 Å². The molecule has 0 unspecified atom stereocenters. The minimum absolute atomic E-state index is 0.598. The van der Waals surface area contributed by atoms with E-state index in [2.05, 4.69) is 4.98 Å². The van der Waals surface area contributed by atoms with Crippen LogP contribution < -0.4 is 0 Å². The van der Waals surface area contributed by atoms with Crippen LogP contribution in [-0.2, 0) is 0 Å². The van der Waals surface area contributed by atoms with Gasteiger partial charge in [0.15, 0.2) is 0 Å². The van der Waals surface area contributed by atoms with Gasteiger partial charge in [-0.2, -0.15) is 0 Å². The van der Waals surface area contributed by atoms with Gasteiger partial charge in [-0.15, -0.1) is 0 Å². The molecule has 1 rings (SSSR count). The fourth-order valence-corrected chi connectivity index (χ4v) is 0.722. The van der Waals surface area contributed by atoms with Crippen molar-refractivity contribution in [1.29, 1.82) is 5.41 Å². The van der Waals surface area contributed by atoms with Crippen LogP contribution in [0.1, 0.15) is 19.0 Å². The lowest BCUT2D eigenvalue weighted by Crippen LogP contribution is -1.98. The van der Waals surface area contributed by atoms with Crippen LogP contribution in [0.4, 0.5) is 0 Å². The third-order valence-electron chi connectivity index (χ3n) is 1.33. The van der Waals surface area contributed by atoms with Crippen molar-refractivity contribution in [1.82, 2.24) is 4.98 Å². The molecule has 0 saturated heterocycles. The van der Waals surface area contributed by atoms with Crippen LogP contribution in [0.25, 0.3) is 0 Å². The molecule has 0 aliphatic heterocycles. The van der Waals surface area contributed by atoms with Crippen molar-refractivity contribution in [3.05, 3.63) is 30.1 Å². The van der Waals surface area contributed by atoms with Crippen molar-refractivity contribution in [2.75, 3.05) is 0 Å². The maximum Gasteiger partial charge on any atom is 0.0837 e. The highest BCUT2D eigenvalue weighted by Crippen LogP contribution is 1.96. The predicted molar refractivity (Wildman–Crippen MR) is 41.4 cm³/mol. The van der Waals surface area contributed by atoms with E-state index >= 15 is 0 Å². The van der Waals surface area contributed by atoms with Crippen molar-refractivity contribution in [2.24, 2.45) is 0 Å². The van der Waals surface area contributed by atoms with Gasteiger partial charge in [-0.05, 0) is 18.6 Å². The first-order valence-electron chi connectivity index (χ1n) is 3.33. The van der Waals surface area contributed by atoms with Gasteiger partial charge >= 0.3 is 0 Å². The standard InChI is InChI=1S/C8H10N2/c1-2-7(9)8-5-3-4-6-10-8/h3-6,9H,2H2,1H3. The van der Waals surface area contributed by atoms with Crippen LogP contribution in [0.2, 0.25) is 0 Å². The Morgan fingerprint density at radius 3 is 2.90 bits per heavy atom. The molecular weight excluding hydrogens is 124 g/mol. The summed E-state index contributed by atoms with van der Waals surface area (Å²) in [6.45, 7) is 1.96. The van der Waals surface area contributed by atoms with Crippen molar-refractivity contribution >= 4 is 5.71 Å². The number of hydrogen-bond acceptors (Lipinski definition) is 2. The van der Waals surface area contributed by atoms with Crippen LogP contribution in [0.3, 0.4) is 0 Å². The lowest BCUT2D eigenvalue weighted by Gasteiger charge is -1.96. The summed E-state index contributed by atoms with van der Waals surface area (Å²) < 4.78 is 0. The Morgan fingerprint density at radius 2 is 2.40 bits per heavy atom. The van der Waals surface area contributed by atoms with E-state index < -0.39 is 0 Å². The van der Waals surface area contributed by atoms with Gasteiger partial charge in [0.2, 0.25) is 0 Å². The lowest BCUT2D eigenvalue weighted by molar-refractivity contribution is 1.18. The number of rotatable bonds is 2. The number of nitrogens with zero attached hydrogens (tertiary/aromatic N) is 1. The fourth-order valence-electron chi connectivity index (χ4n) is 0.722. The SMILES string of the molecule is CCC(=N)c1ccccn1. The van der Waals surface area contributed by atoms with E-state index in [0.29, 0.717) is 5.71 Å². The molecule has 0 bridgehead atoms. The highest BCUT2D eigenvalue weighted by Gasteiger charge is 1.95. The van der Waals surface area contributed by atoms with Crippen molar-refractivity contribution in [2.45, 2.75) is 13.3 Å². The van der Waals surface area contributed by atoms with E-state index in [1.54, 1.807) is 6.20 Å². The Labute approximate surface area is 60.4 Å². The number of pyridine rings is 1. The molecule has 0 aromatic carbocycles. The molecule has 1 aromatic heterocycles. The van der Waals surface area contributed by atoms with Gasteiger partial charge in [-0.25, -0.2) is 0 Å². The average molecular weight is 134 g/mol. The van der Waals surface area contributed by atoms with Gasteiger partial charge < -0.3 is 5.41 Å². The van der Waals surface area contributed by atoms with E-state index in [1.165, 1.54) is 0 Å². The Bertz CT molecular complexity index is 216. The van der Waals surface area contributed by atoms with Crippen molar-refractivity contribution < 1.29 is 0 Å². The van der Waals surface area contributed by atoms with Gasteiger partial charge in [0, 0.05) is 6.20 Å². The summed E-state index contributed by atoms with van der Waals surface area (Å²) in [5, 5.41) is 7.42. The second kappa shape index (κ2) is 3.11. The molecule has 0 atom stereocenters. The van der Waals surface area contributed by atoms with Gasteiger partial charge in [-0.3, -0.25) is 4.98 Å². The smallest absolute Gasteiger partial charge is 0.0837 e. The Kier molecular flexibility index (Phi) is 2.15. The minimum Gasteiger partial charge on any atom is -0.303 e. The monoisotopic (exact) mass is 134 g/mol. The zero-order valence-corrected chi connectivity index (χ0v) is 5.96. The molecule has 10 heavy (non-hydrogen) atoms. The third-order valence-corrected chi connectivity index (χ3v) is 1.33. The van der Waals surface area contributed by atoms with Gasteiger partial charge in [0.25, 0.3) is 0 Å². The van der Waals surface area contributed by atoms with Gasteiger partial charge in [-0.1, -0.05) is 13.0 Å². The van der Waals surface area contributed by atoms with E-state index in [1.807, 2.05) is 25.1 Å². The highest BCUT2D eigenvalue weighted by molar-refractivity contribution is 5.95. The third kappa shape index (κ3) is 1.41. The quantitative estimate of drug-likeness (QED) is 0.616. The molecule has 0 radical (unpaired) electrons. The molecule has 52 valence electrons. The minimum atomic E-state index is 0.598. The molecule has 0 aliphatic rings. The van der Waals surface area contributed by atoms with E-state index in [4.69, 9.17) is 5.41 Å². The normalized spacial score (nSPS) is 9.30. The largest absolute Gasteiger partial charge is 0.303 e.